The third-order valence-electron chi connectivity index (χ3n) is 4.40. The minimum atomic E-state index is -0.753. The number of hydrogen-bond donors (Lipinski definition) is 2. The largest absolute Gasteiger partial charge is 0.481 e. The van der Waals surface area contributed by atoms with Crippen LogP contribution in [-0.4, -0.2) is 41.1 Å². The second kappa shape index (κ2) is 8.12. The molecule has 1 aliphatic rings. The van der Waals surface area contributed by atoms with Crippen LogP contribution in [0, 0.1) is 11.8 Å². The minimum absolute atomic E-state index is 0.0227. The molecule has 0 saturated carbocycles. The lowest BCUT2D eigenvalue weighted by atomic mass is 9.92. The second-order valence-electron chi connectivity index (χ2n) is 6.11. The van der Waals surface area contributed by atoms with E-state index in [1.807, 2.05) is 11.8 Å². The van der Waals surface area contributed by atoms with Gasteiger partial charge in [0.05, 0.1) is 0 Å². The predicted octanol–water partition coefficient (Wildman–Crippen LogP) is 2.71. The molecular weight excluding hydrogens is 256 g/mol. The molecule has 116 valence electrons. The quantitative estimate of drug-likeness (QED) is 0.788. The van der Waals surface area contributed by atoms with Crippen LogP contribution < -0.4 is 5.32 Å². The van der Waals surface area contributed by atoms with E-state index in [0.717, 1.165) is 19.4 Å². The Kier molecular flexibility index (Phi) is 6.82. The Morgan fingerprint density at radius 1 is 1.35 bits per heavy atom. The first-order valence-electron chi connectivity index (χ1n) is 7.68. The summed E-state index contributed by atoms with van der Waals surface area (Å²) in [4.78, 5) is 24.5. The average Bonchev–Trinajstić information content (AvgIpc) is 2.39. The van der Waals surface area contributed by atoms with Crippen LogP contribution in [0.1, 0.15) is 52.9 Å². The fourth-order valence-corrected chi connectivity index (χ4v) is 2.66. The lowest BCUT2D eigenvalue weighted by Gasteiger charge is -2.37. The van der Waals surface area contributed by atoms with Crippen molar-refractivity contribution in [2.45, 2.75) is 58.9 Å². The molecule has 5 nitrogen and oxygen atoms in total. The Labute approximate surface area is 121 Å². The van der Waals surface area contributed by atoms with Crippen LogP contribution in [0.5, 0.6) is 0 Å². The molecule has 20 heavy (non-hydrogen) atoms. The molecule has 5 heteroatoms. The van der Waals surface area contributed by atoms with Crippen molar-refractivity contribution in [3.8, 4) is 0 Å². The molecule has 0 bridgehead atoms. The molecule has 3 atom stereocenters. The van der Waals surface area contributed by atoms with Crippen molar-refractivity contribution in [3.05, 3.63) is 0 Å². The third-order valence-corrected chi connectivity index (χ3v) is 4.40. The number of nitrogens with zero attached hydrogens (tertiary/aromatic N) is 1. The molecule has 1 saturated heterocycles. The fourth-order valence-electron chi connectivity index (χ4n) is 2.66. The van der Waals surface area contributed by atoms with Crippen molar-refractivity contribution in [2.75, 3.05) is 13.1 Å². The normalized spacial score (nSPS) is 24.2. The maximum absolute atomic E-state index is 12.1. The number of urea groups is 1. The van der Waals surface area contributed by atoms with E-state index in [4.69, 9.17) is 5.11 Å². The number of aliphatic carboxylic acids is 1. The number of nitrogens with one attached hydrogen (secondary N) is 1. The first kappa shape index (κ1) is 16.8. The number of hydrogen-bond acceptors (Lipinski definition) is 2. The molecule has 0 radical (unpaired) electrons. The van der Waals surface area contributed by atoms with Gasteiger partial charge in [-0.1, -0.05) is 13.8 Å². The number of carbonyl (C=O) groups excluding carboxylic acids is 1. The van der Waals surface area contributed by atoms with Crippen molar-refractivity contribution in [1.82, 2.24) is 10.2 Å². The van der Waals surface area contributed by atoms with Gasteiger partial charge in [-0.25, -0.2) is 4.79 Å². The average molecular weight is 284 g/mol. The molecule has 0 aromatic heterocycles. The monoisotopic (exact) mass is 284 g/mol. The van der Waals surface area contributed by atoms with E-state index in [-0.39, 0.29) is 12.5 Å². The Morgan fingerprint density at radius 3 is 2.70 bits per heavy atom. The molecule has 1 heterocycles. The van der Waals surface area contributed by atoms with E-state index in [2.05, 4.69) is 19.2 Å². The molecule has 0 aromatic carbocycles. The third kappa shape index (κ3) is 5.39. The number of piperidine rings is 1. The summed E-state index contributed by atoms with van der Waals surface area (Å²) in [6.07, 6.45) is 3.97. The van der Waals surface area contributed by atoms with Gasteiger partial charge in [0.1, 0.15) is 0 Å². The van der Waals surface area contributed by atoms with Crippen molar-refractivity contribution in [1.29, 1.82) is 0 Å². The van der Waals surface area contributed by atoms with Gasteiger partial charge in [0.15, 0.2) is 0 Å². The van der Waals surface area contributed by atoms with Gasteiger partial charge in [-0.15, -0.1) is 0 Å². The predicted molar refractivity (Wildman–Crippen MR) is 78.6 cm³/mol. The van der Waals surface area contributed by atoms with Gasteiger partial charge in [0.25, 0.3) is 0 Å². The zero-order chi connectivity index (χ0) is 15.1. The summed E-state index contributed by atoms with van der Waals surface area (Å²) < 4.78 is 0. The standard InChI is InChI=1S/C15H28N2O3/c1-11(6-7-14(18)19)8-9-16-15(20)17-10-4-5-12(2)13(17)3/h11-13H,4-10H2,1-3H3,(H,16,20)(H,18,19). The molecule has 1 aliphatic heterocycles. The molecule has 1 rings (SSSR count). The van der Waals surface area contributed by atoms with E-state index in [1.165, 1.54) is 6.42 Å². The highest BCUT2D eigenvalue weighted by Gasteiger charge is 2.27. The number of rotatable bonds is 6. The molecule has 0 spiro atoms. The molecule has 1 fully saturated rings. The van der Waals surface area contributed by atoms with Crippen LogP contribution in [0.3, 0.4) is 0 Å². The smallest absolute Gasteiger partial charge is 0.317 e. The zero-order valence-electron chi connectivity index (χ0n) is 12.9. The molecule has 0 aromatic rings. The highest BCUT2D eigenvalue weighted by atomic mass is 16.4. The van der Waals surface area contributed by atoms with E-state index >= 15 is 0 Å². The van der Waals surface area contributed by atoms with Gasteiger partial charge in [0, 0.05) is 25.6 Å². The lowest BCUT2D eigenvalue weighted by molar-refractivity contribution is -0.137. The minimum Gasteiger partial charge on any atom is -0.481 e. The van der Waals surface area contributed by atoms with Crippen LogP contribution in [-0.2, 0) is 4.79 Å². The summed E-state index contributed by atoms with van der Waals surface area (Å²) in [6, 6.07) is 0.322. The van der Waals surface area contributed by atoms with E-state index in [9.17, 15) is 9.59 Å². The van der Waals surface area contributed by atoms with Gasteiger partial charge < -0.3 is 15.3 Å². The number of carboxylic acid groups (broad SMARTS) is 1. The van der Waals surface area contributed by atoms with Crippen LogP contribution in [0.15, 0.2) is 0 Å². The van der Waals surface area contributed by atoms with Crippen LogP contribution >= 0.6 is 0 Å². The van der Waals surface area contributed by atoms with Gasteiger partial charge >= 0.3 is 12.0 Å². The summed E-state index contributed by atoms with van der Waals surface area (Å²) in [6.45, 7) is 7.79. The second-order valence-corrected chi connectivity index (χ2v) is 6.11. The number of carbonyl (C=O) groups is 2. The number of likely N-dealkylation sites (tertiary alicyclic amines) is 1. The van der Waals surface area contributed by atoms with Crippen LogP contribution in [0.2, 0.25) is 0 Å². The Morgan fingerprint density at radius 2 is 2.05 bits per heavy atom. The number of amides is 2. The van der Waals surface area contributed by atoms with Crippen LogP contribution in [0.4, 0.5) is 4.79 Å². The summed E-state index contributed by atoms with van der Waals surface area (Å²) in [5, 5.41) is 11.6. The topological polar surface area (TPSA) is 69.6 Å². The van der Waals surface area contributed by atoms with Gasteiger partial charge in [-0.2, -0.15) is 0 Å². The summed E-state index contributed by atoms with van der Waals surface area (Å²) in [5.74, 6) is 0.130. The zero-order valence-corrected chi connectivity index (χ0v) is 12.9. The van der Waals surface area contributed by atoms with Crippen LogP contribution in [0.25, 0.3) is 0 Å². The van der Waals surface area contributed by atoms with Gasteiger partial charge in [-0.3, -0.25) is 4.79 Å². The Balaban J connectivity index is 2.24. The maximum Gasteiger partial charge on any atom is 0.317 e. The molecule has 0 aliphatic carbocycles. The Hall–Kier alpha value is -1.26. The SMILES string of the molecule is CC(CCNC(=O)N1CCCC(C)C1C)CCC(=O)O. The van der Waals surface area contributed by atoms with Crippen molar-refractivity contribution < 1.29 is 14.7 Å². The highest BCUT2D eigenvalue weighted by molar-refractivity contribution is 5.74. The van der Waals surface area contributed by atoms with E-state index in [0.29, 0.717) is 30.8 Å². The van der Waals surface area contributed by atoms with E-state index < -0.39 is 5.97 Å². The highest BCUT2D eigenvalue weighted by Crippen LogP contribution is 2.22. The first-order valence-corrected chi connectivity index (χ1v) is 7.68. The van der Waals surface area contributed by atoms with Gasteiger partial charge in [0.2, 0.25) is 0 Å². The molecule has 2 N–H and O–H groups in total. The lowest BCUT2D eigenvalue weighted by Crippen LogP contribution is -2.50. The van der Waals surface area contributed by atoms with Crippen molar-refractivity contribution >= 4 is 12.0 Å². The maximum atomic E-state index is 12.1. The molecular formula is C15H28N2O3. The van der Waals surface area contributed by atoms with E-state index in [1.54, 1.807) is 0 Å². The molecule has 3 unspecified atom stereocenters. The van der Waals surface area contributed by atoms with Crippen molar-refractivity contribution in [2.24, 2.45) is 11.8 Å². The summed E-state index contributed by atoms with van der Waals surface area (Å²) in [5.41, 5.74) is 0. The summed E-state index contributed by atoms with van der Waals surface area (Å²) in [7, 11) is 0. The first-order chi connectivity index (χ1) is 9.41. The Bertz CT molecular complexity index is 333. The summed E-state index contributed by atoms with van der Waals surface area (Å²) >= 11 is 0. The van der Waals surface area contributed by atoms with Gasteiger partial charge in [-0.05, 0) is 44.4 Å². The van der Waals surface area contributed by atoms with Crippen molar-refractivity contribution in [3.63, 3.8) is 0 Å². The molecule has 2 amide bonds. The fraction of sp³-hybridized carbons (Fsp3) is 0.867. The number of carboxylic acids is 1.